The predicted octanol–water partition coefficient (Wildman–Crippen LogP) is 2.23. The molecule has 1 heterocycles. The van der Waals surface area contributed by atoms with Crippen molar-refractivity contribution >= 4 is 5.78 Å². The number of ether oxygens (including phenoxy) is 1. The molecule has 0 bridgehead atoms. The molecule has 1 aliphatic heterocycles. The largest absolute Gasteiger partial charge is 0.493 e. The number of carbonyl (C=O) groups excluding carboxylic acids is 1. The number of ketones is 1. The minimum atomic E-state index is -0.0984. The molecule has 0 N–H and O–H groups in total. The average molecular weight is 174 g/mol. The molecule has 66 valence electrons. The molecular formula is C11H10O2. The molecule has 0 spiro atoms. The van der Waals surface area contributed by atoms with Crippen molar-refractivity contribution in [3.63, 3.8) is 0 Å². The van der Waals surface area contributed by atoms with Gasteiger partial charge in [-0.15, -0.1) is 0 Å². The molecule has 0 radical (unpaired) electrons. The number of hydrogen-bond donors (Lipinski definition) is 0. The number of allylic oxidation sites excluding steroid dienone is 1. The van der Waals surface area contributed by atoms with Gasteiger partial charge in [-0.3, -0.25) is 4.79 Å². The fourth-order valence-electron chi connectivity index (χ4n) is 1.37. The van der Waals surface area contributed by atoms with Crippen LogP contribution in [0.25, 0.3) is 0 Å². The molecule has 0 aromatic heterocycles. The summed E-state index contributed by atoms with van der Waals surface area (Å²) in [6.45, 7) is 0. The molecular weight excluding hydrogens is 164 g/mol. The van der Waals surface area contributed by atoms with Crippen LogP contribution in [0.2, 0.25) is 0 Å². The third kappa shape index (κ3) is 1.78. The molecule has 2 nitrogen and oxygen atoms in total. The van der Waals surface area contributed by atoms with Crippen molar-refractivity contribution in [1.29, 1.82) is 0 Å². The molecule has 1 aromatic rings. The van der Waals surface area contributed by atoms with E-state index >= 15 is 0 Å². The van der Waals surface area contributed by atoms with Crippen LogP contribution in [0, 0.1) is 0 Å². The first-order valence-electron chi connectivity index (χ1n) is 4.26. The first-order chi connectivity index (χ1) is 6.36. The standard InChI is InChI=1S/C11H10O2/c12-10-6-7-13-11(8-10)9-4-2-1-3-5-9/h1-7,11H,8H2/t11-/m1/s1. The van der Waals surface area contributed by atoms with Gasteiger partial charge in [0.05, 0.1) is 12.7 Å². The fourth-order valence-corrected chi connectivity index (χ4v) is 1.37. The summed E-state index contributed by atoms with van der Waals surface area (Å²) < 4.78 is 5.33. The lowest BCUT2D eigenvalue weighted by atomic mass is 10.0. The van der Waals surface area contributed by atoms with Gasteiger partial charge in [-0.05, 0) is 5.56 Å². The van der Waals surface area contributed by atoms with Crippen LogP contribution in [0.3, 0.4) is 0 Å². The number of rotatable bonds is 1. The van der Waals surface area contributed by atoms with Crippen molar-refractivity contribution in [3.05, 3.63) is 48.2 Å². The highest BCUT2D eigenvalue weighted by Gasteiger charge is 2.17. The van der Waals surface area contributed by atoms with Crippen LogP contribution in [-0.4, -0.2) is 5.78 Å². The zero-order chi connectivity index (χ0) is 9.10. The molecule has 1 atom stereocenters. The number of benzene rings is 1. The minimum Gasteiger partial charge on any atom is -0.493 e. The van der Waals surface area contributed by atoms with E-state index in [1.807, 2.05) is 30.3 Å². The van der Waals surface area contributed by atoms with Gasteiger partial charge in [-0.2, -0.15) is 0 Å². The summed E-state index contributed by atoms with van der Waals surface area (Å²) in [4.78, 5) is 11.1. The highest BCUT2D eigenvalue weighted by Crippen LogP contribution is 2.24. The molecule has 0 amide bonds. The molecule has 2 rings (SSSR count). The number of hydrogen-bond acceptors (Lipinski definition) is 2. The van der Waals surface area contributed by atoms with Gasteiger partial charge in [0.2, 0.25) is 0 Å². The minimum absolute atomic E-state index is 0.0984. The maximum Gasteiger partial charge on any atom is 0.162 e. The van der Waals surface area contributed by atoms with Crippen LogP contribution in [0.5, 0.6) is 0 Å². The second-order valence-electron chi connectivity index (χ2n) is 3.01. The summed E-state index contributed by atoms with van der Waals surface area (Å²) in [5.74, 6) is 0.125. The van der Waals surface area contributed by atoms with Gasteiger partial charge in [0.1, 0.15) is 6.10 Å². The van der Waals surface area contributed by atoms with Gasteiger partial charge in [-0.25, -0.2) is 0 Å². The summed E-state index contributed by atoms with van der Waals surface area (Å²) in [7, 11) is 0. The van der Waals surface area contributed by atoms with Crippen LogP contribution in [0.1, 0.15) is 18.1 Å². The van der Waals surface area contributed by atoms with Crippen molar-refractivity contribution < 1.29 is 9.53 Å². The molecule has 1 aromatic carbocycles. The highest BCUT2D eigenvalue weighted by atomic mass is 16.5. The second-order valence-corrected chi connectivity index (χ2v) is 3.01. The summed E-state index contributed by atoms with van der Waals surface area (Å²) in [6, 6.07) is 9.78. The van der Waals surface area contributed by atoms with Crippen molar-refractivity contribution in [2.24, 2.45) is 0 Å². The smallest absolute Gasteiger partial charge is 0.162 e. The molecule has 0 unspecified atom stereocenters. The van der Waals surface area contributed by atoms with Crippen molar-refractivity contribution in [2.45, 2.75) is 12.5 Å². The Balaban J connectivity index is 2.19. The Morgan fingerprint density at radius 3 is 2.69 bits per heavy atom. The Labute approximate surface area is 76.8 Å². The molecule has 1 aliphatic rings. The topological polar surface area (TPSA) is 26.3 Å². The monoisotopic (exact) mass is 174 g/mol. The Morgan fingerprint density at radius 1 is 1.23 bits per heavy atom. The van der Waals surface area contributed by atoms with Crippen molar-refractivity contribution in [2.75, 3.05) is 0 Å². The average Bonchev–Trinajstić information content (AvgIpc) is 2.19. The Kier molecular flexibility index (Phi) is 2.13. The van der Waals surface area contributed by atoms with E-state index in [0.29, 0.717) is 6.42 Å². The molecule has 0 fully saturated rings. The first kappa shape index (κ1) is 8.05. The lowest BCUT2D eigenvalue weighted by Crippen LogP contribution is -2.10. The second kappa shape index (κ2) is 3.44. The van der Waals surface area contributed by atoms with Gasteiger partial charge < -0.3 is 4.74 Å². The molecule has 0 saturated carbocycles. The third-order valence-electron chi connectivity index (χ3n) is 2.05. The Bertz CT molecular complexity index is 327. The summed E-state index contributed by atoms with van der Waals surface area (Å²) in [6.07, 6.45) is 3.29. The molecule has 2 heteroatoms. The summed E-state index contributed by atoms with van der Waals surface area (Å²) in [5.41, 5.74) is 1.06. The molecule has 0 aliphatic carbocycles. The van der Waals surface area contributed by atoms with Gasteiger partial charge in [0, 0.05) is 6.08 Å². The van der Waals surface area contributed by atoms with Crippen LogP contribution in [0.15, 0.2) is 42.7 Å². The Hall–Kier alpha value is -1.57. The lowest BCUT2D eigenvalue weighted by Gasteiger charge is -2.18. The van der Waals surface area contributed by atoms with E-state index in [1.165, 1.54) is 12.3 Å². The van der Waals surface area contributed by atoms with Gasteiger partial charge >= 0.3 is 0 Å². The van der Waals surface area contributed by atoms with Crippen LogP contribution in [0.4, 0.5) is 0 Å². The van der Waals surface area contributed by atoms with Gasteiger partial charge in [0.25, 0.3) is 0 Å². The van der Waals surface area contributed by atoms with E-state index in [4.69, 9.17) is 4.74 Å². The fraction of sp³-hybridized carbons (Fsp3) is 0.182. The van der Waals surface area contributed by atoms with E-state index in [-0.39, 0.29) is 11.9 Å². The van der Waals surface area contributed by atoms with Crippen molar-refractivity contribution in [3.8, 4) is 0 Å². The van der Waals surface area contributed by atoms with Gasteiger partial charge in [0.15, 0.2) is 5.78 Å². The van der Waals surface area contributed by atoms with Crippen LogP contribution in [-0.2, 0) is 9.53 Å². The zero-order valence-corrected chi connectivity index (χ0v) is 7.14. The summed E-state index contributed by atoms with van der Waals surface area (Å²) in [5, 5.41) is 0. The van der Waals surface area contributed by atoms with Crippen LogP contribution < -0.4 is 0 Å². The normalized spacial score (nSPS) is 21.2. The van der Waals surface area contributed by atoms with E-state index in [0.717, 1.165) is 5.56 Å². The van der Waals surface area contributed by atoms with E-state index in [9.17, 15) is 4.79 Å². The first-order valence-corrected chi connectivity index (χ1v) is 4.26. The maximum absolute atomic E-state index is 11.1. The van der Waals surface area contributed by atoms with Crippen LogP contribution >= 0.6 is 0 Å². The van der Waals surface area contributed by atoms with E-state index < -0.39 is 0 Å². The lowest BCUT2D eigenvalue weighted by molar-refractivity contribution is -0.118. The van der Waals surface area contributed by atoms with E-state index in [1.54, 1.807) is 0 Å². The number of carbonyl (C=O) groups is 1. The van der Waals surface area contributed by atoms with Gasteiger partial charge in [-0.1, -0.05) is 30.3 Å². The molecule has 0 saturated heterocycles. The quantitative estimate of drug-likeness (QED) is 0.652. The maximum atomic E-state index is 11.1. The summed E-state index contributed by atoms with van der Waals surface area (Å²) >= 11 is 0. The third-order valence-corrected chi connectivity index (χ3v) is 2.05. The van der Waals surface area contributed by atoms with E-state index in [2.05, 4.69) is 0 Å². The van der Waals surface area contributed by atoms with Crippen molar-refractivity contribution in [1.82, 2.24) is 0 Å². The zero-order valence-electron chi connectivity index (χ0n) is 7.14. The highest BCUT2D eigenvalue weighted by molar-refractivity contribution is 5.90. The molecule has 13 heavy (non-hydrogen) atoms. The SMILES string of the molecule is O=C1C=CO[C@@H](c2ccccc2)C1. The Morgan fingerprint density at radius 2 is 2.00 bits per heavy atom. The predicted molar refractivity (Wildman–Crippen MR) is 49.0 cm³/mol.